The van der Waals surface area contributed by atoms with Crippen LogP contribution in [0.5, 0.6) is 0 Å². The molecule has 1 N–H and O–H groups in total. The first-order valence-electron chi connectivity index (χ1n) is 7.60. The summed E-state index contributed by atoms with van der Waals surface area (Å²) in [6, 6.07) is 3.02. The van der Waals surface area contributed by atoms with Crippen LogP contribution in [0.2, 0.25) is 0 Å². The van der Waals surface area contributed by atoms with Crippen LogP contribution in [-0.4, -0.2) is 53.8 Å². The molecule has 3 fully saturated rings. The zero-order chi connectivity index (χ0) is 13.7. The van der Waals surface area contributed by atoms with Crippen LogP contribution in [0, 0.1) is 5.92 Å². The summed E-state index contributed by atoms with van der Waals surface area (Å²) >= 11 is 0. The largest absolute Gasteiger partial charge is 0.376 e. The first-order valence-corrected chi connectivity index (χ1v) is 7.60. The molecular weight excluding hydrogens is 252 g/mol. The highest BCUT2D eigenvalue weighted by Gasteiger charge is 2.55. The van der Waals surface area contributed by atoms with Gasteiger partial charge in [0.15, 0.2) is 0 Å². The van der Waals surface area contributed by atoms with Crippen molar-refractivity contribution in [2.24, 2.45) is 5.92 Å². The van der Waals surface area contributed by atoms with E-state index in [-0.39, 0.29) is 0 Å². The maximum atomic E-state index is 5.85. The van der Waals surface area contributed by atoms with E-state index >= 15 is 0 Å². The van der Waals surface area contributed by atoms with Crippen LogP contribution in [0.15, 0.2) is 12.4 Å². The van der Waals surface area contributed by atoms with Gasteiger partial charge in [0.1, 0.15) is 12.1 Å². The minimum Gasteiger partial charge on any atom is -0.376 e. The van der Waals surface area contributed by atoms with Crippen molar-refractivity contribution in [2.75, 3.05) is 26.0 Å². The van der Waals surface area contributed by atoms with Crippen molar-refractivity contribution in [3.63, 3.8) is 0 Å². The predicted molar refractivity (Wildman–Crippen MR) is 76.7 cm³/mol. The number of hydrogen-bond donors (Lipinski definition) is 1. The Kier molecular flexibility index (Phi) is 2.93. The monoisotopic (exact) mass is 274 g/mol. The van der Waals surface area contributed by atoms with Crippen LogP contribution >= 0.6 is 0 Å². The van der Waals surface area contributed by atoms with Crippen LogP contribution in [-0.2, 0) is 4.74 Å². The molecule has 1 saturated heterocycles. The topological polar surface area (TPSA) is 50.3 Å². The normalized spacial score (nSPS) is 35.8. The molecule has 3 aliphatic rings. The van der Waals surface area contributed by atoms with Crippen molar-refractivity contribution in [2.45, 2.75) is 43.4 Å². The number of anilines is 1. The van der Waals surface area contributed by atoms with E-state index < -0.39 is 0 Å². The van der Waals surface area contributed by atoms with Gasteiger partial charge in [0.2, 0.25) is 0 Å². The summed E-state index contributed by atoms with van der Waals surface area (Å²) in [4.78, 5) is 11.1. The van der Waals surface area contributed by atoms with Gasteiger partial charge in [0.05, 0.1) is 18.2 Å². The number of aromatic nitrogens is 2. The van der Waals surface area contributed by atoms with Crippen LogP contribution in [0.4, 0.5) is 5.82 Å². The zero-order valence-corrected chi connectivity index (χ0v) is 12.1. The molecule has 5 nitrogen and oxygen atoms in total. The highest BCUT2D eigenvalue weighted by molar-refractivity contribution is 5.40. The first kappa shape index (κ1) is 12.5. The van der Waals surface area contributed by atoms with E-state index in [0.717, 1.165) is 18.8 Å². The molecule has 2 aliphatic carbocycles. The van der Waals surface area contributed by atoms with Crippen LogP contribution in [0.25, 0.3) is 0 Å². The van der Waals surface area contributed by atoms with Crippen molar-refractivity contribution in [1.82, 2.24) is 14.9 Å². The molecule has 0 unspecified atom stereocenters. The van der Waals surface area contributed by atoms with Gasteiger partial charge in [-0.25, -0.2) is 9.97 Å². The van der Waals surface area contributed by atoms with E-state index in [9.17, 15) is 0 Å². The SMILES string of the molecule is CN(C)[C@H]1[C@H](Nc2cc(C3CC3)ncn2)[C@@H]2CCO[C@@H]21. The quantitative estimate of drug-likeness (QED) is 0.901. The molecular formula is C15H22N4O. The third-order valence-corrected chi connectivity index (χ3v) is 4.94. The number of nitrogens with one attached hydrogen (secondary N) is 1. The highest BCUT2D eigenvalue weighted by Crippen LogP contribution is 2.43. The molecule has 0 spiro atoms. The Morgan fingerprint density at radius 2 is 2.10 bits per heavy atom. The summed E-state index contributed by atoms with van der Waals surface area (Å²) in [6.45, 7) is 0.898. The molecule has 0 radical (unpaired) electrons. The summed E-state index contributed by atoms with van der Waals surface area (Å²) in [6.07, 6.45) is 5.80. The first-order chi connectivity index (χ1) is 9.74. The second kappa shape index (κ2) is 4.67. The van der Waals surface area contributed by atoms with E-state index in [1.165, 1.54) is 18.5 Å². The number of likely N-dealkylation sites (N-methyl/N-ethyl adjacent to an activating group) is 1. The van der Waals surface area contributed by atoms with E-state index in [1.807, 2.05) is 0 Å². The third-order valence-electron chi connectivity index (χ3n) is 4.94. The Balaban J connectivity index is 1.51. The second-order valence-corrected chi connectivity index (χ2v) is 6.51. The van der Waals surface area contributed by atoms with E-state index in [1.54, 1.807) is 6.33 Å². The van der Waals surface area contributed by atoms with Crippen LogP contribution in [0.3, 0.4) is 0 Å². The van der Waals surface area contributed by atoms with Crippen molar-refractivity contribution < 1.29 is 4.74 Å². The van der Waals surface area contributed by atoms with E-state index in [2.05, 4.69) is 40.3 Å². The van der Waals surface area contributed by atoms with Crippen molar-refractivity contribution in [3.8, 4) is 0 Å². The van der Waals surface area contributed by atoms with Crippen LogP contribution < -0.4 is 5.32 Å². The lowest BCUT2D eigenvalue weighted by atomic mass is 9.71. The smallest absolute Gasteiger partial charge is 0.129 e. The maximum absolute atomic E-state index is 5.85. The van der Waals surface area contributed by atoms with Gasteiger partial charge in [-0.15, -0.1) is 0 Å². The molecule has 1 aliphatic heterocycles. The number of rotatable bonds is 4. The fourth-order valence-electron chi connectivity index (χ4n) is 3.71. The molecule has 108 valence electrons. The third kappa shape index (κ3) is 2.00. The van der Waals surface area contributed by atoms with Gasteiger partial charge in [-0.2, -0.15) is 0 Å². The van der Waals surface area contributed by atoms with Crippen molar-refractivity contribution in [3.05, 3.63) is 18.1 Å². The molecule has 4 rings (SSSR count). The zero-order valence-electron chi connectivity index (χ0n) is 12.1. The molecule has 1 aromatic heterocycles. The number of fused-ring (bicyclic) bond motifs is 1. The van der Waals surface area contributed by atoms with Crippen molar-refractivity contribution in [1.29, 1.82) is 0 Å². The summed E-state index contributed by atoms with van der Waals surface area (Å²) in [5.41, 5.74) is 1.20. The molecule has 20 heavy (non-hydrogen) atoms. The summed E-state index contributed by atoms with van der Waals surface area (Å²) in [5, 5.41) is 3.63. The molecule has 0 amide bonds. The molecule has 4 atom stereocenters. The van der Waals surface area contributed by atoms with Gasteiger partial charge < -0.3 is 15.0 Å². The van der Waals surface area contributed by atoms with Gasteiger partial charge in [-0.1, -0.05) is 0 Å². The van der Waals surface area contributed by atoms with Gasteiger partial charge in [-0.05, 0) is 33.4 Å². The summed E-state index contributed by atoms with van der Waals surface area (Å²) in [5.74, 6) is 2.28. The van der Waals surface area contributed by atoms with Gasteiger partial charge in [0.25, 0.3) is 0 Å². The summed E-state index contributed by atoms with van der Waals surface area (Å²) < 4.78 is 5.85. The Hall–Kier alpha value is -1.20. The van der Waals surface area contributed by atoms with E-state index in [0.29, 0.717) is 30.0 Å². The fraction of sp³-hybridized carbons (Fsp3) is 0.733. The number of nitrogens with zero attached hydrogens (tertiary/aromatic N) is 3. The predicted octanol–water partition coefficient (Wildman–Crippen LogP) is 1.48. The second-order valence-electron chi connectivity index (χ2n) is 6.51. The van der Waals surface area contributed by atoms with Gasteiger partial charge in [-0.3, -0.25) is 0 Å². The van der Waals surface area contributed by atoms with E-state index in [4.69, 9.17) is 4.74 Å². The standard InChI is InChI=1S/C15H22N4O/c1-19(2)14-13(10-5-6-20-15(10)14)18-12-7-11(9-3-4-9)16-8-17-12/h7-10,13-15H,3-6H2,1-2H3,(H,16,17,18)/t10-,13+,14-,15-/m0/s1. The average molecular weight is 274 g/mol. The maximum Gasteiger partial charge on any atom is 0.129 e. The molecule has 0 aromatic carbocycles. The molecule has 2 saturated carbocycles. The average Bonchev–Trinajstić information content (AvgIpc) is 3.19. The van der Waals surface area contributed by atoms with Crippen molar-refractivity contribution >= 4 is 5.82 Å². The lowest BCUT2D eigenvalue weighted by Crippen LogP contribution is -2.66. The lowest BCUT2D eigenvalue weighted by Gasteiger charge is -2.51. The minimum absolute atomic E-state index is 0.396. The fourth-order valence-corrected chi connectivity index (χ4v) is 3.71. The molecule has 0 bridgehead atoms. The lowest BCUT2D eigenvalue weighted by molar-refractivity contribution is -0.0516. The minimum atomic E-state index is 0.396. The number of ether oxygens (including phenoxy) is 1. The number of hydrogen-bond acceptors (Lipinski definition) is 5. The van der Waals surface area contributed by atoms with Gasteiger partial charge >= 0.3 is 0 Å². The van der Waals surface area contributed by atoms with Gasteiger partial charge in [0, 0.05) is 30.2 Å². The Morgan fingerprint density at radius 3 is 2.85 bits per heavy atom. The van der Waals surface area contributed by atoms with Crippen LogP contribution in [0.1, 0.15) is 30.9 Å². The molecule has 5 heteroatoms. The molecule has 2 heterocycles. The molecule has 1 aromatic rings. The summed E-state index contributed by atoms with van der Waals surface area (Å²) in [7, 11) is 4.26. The highest BCUT2D eigenvalue weighted by atomic mass is 16.5. The Bertz CT molecular complexity index is 502. The Morgan fingerprint density at radius 1 is 1.25 bits per heavy atom. The Labute approximate surface area is 119 Å².